The second-order valence-corrected chi connectivity index (χ2v) is 9.44. The lowest BCUT2D eigenvalue weighted by atomic mass is 9.97. The van der Waals surface area contributed by atoms with E-state index >= 15 is 0 Å². The van der Waals surface area contributed by atoms with Crippen LogP contribution in [0.5, 0.6) is 5.75 Å². The summed E-state index contributed by atoms with van der Waals surface area (Å²) >= 11 is 0. The molecule has 9 heteroatoms. The summed E-state index contributed by atoms with van der Waals surface area (Å²) in [6.07, 6.45) is 5.81. The van der Waals surface area contributed by atoms with Crippen LogP contribution in [0, 0.1) is 5.92 Å². The van der Waals surface area contributed by atoms with Crippen molar-refractivity contribution in [3.05, 3.63) is 64.1 Å². The second-order valence-electron chi connectivity index (χ2n) is 9.44. The zero-order valence-corrected chi connectivity index (χ0v) is 20.7. The van der Waals surface area contributed by atoms with Gasteiger partial charge in [0.05, 0.1) is 31.0 Å². The normalized spacial score (nSPS) is 17.4. The van der Waals surface area contributed by atoms with Gasteiger partial charge in [-0.1, -0.05) is 12.1 Å². The van der Waals surface area contributed by atoms with Gasteiger partial charge in [0.15, 0.2) is 5.82 Å². The SMILES string of the molecule is COc1ccccc1-c1ccc(N2CCCC(C(=O)NCCn3nc4c(cc3=O)CCCC4)C2)nn1. The summed E-state index contributed by atoms with van der Waals surface area (Å²) in [5, 5.41) is 16.4. The van der Waals surface area contributed by atoms with E-state index in [9.17, 15) is 9.59 Å². The molecular weight excluding hydrogens is 456 g/mol. The highest BCUT2D eigenvalue weighted by Crippen LogP contribution is 2.29. The molecule has 5 rings (SSSR count). The van der Waals surface area contributed by atoms with E-state index in [2.05, 4.69) is 25.5 Å². The Labute approximate surface area is 210 Å². The Morgan fingerprint density at radius 2 is 1.97 bits per heavy atom. The van der Waals surface area contributed by atoms with Crippen molar-refractivity contribution in [1.82, 2.24) is 25.3 Å². The molecule has 0 spiro atoms. The zero-order chi connectivity index (χ0) is 24.9. The third-order valence-corrected chi connectivity index (χ3v) is 7.05. The fourth-order valence-electron chi connectivity index (χ4n) is 5.08. The van der Waals surface area contributed by atoms with Crippen molar-refractivity contribution >= 4 is 11.7 Å². The van der Waals surface area contributed by atoms with Gasteiger partial charge in [0.25, 0.3) is 5.56 Å². The lowest BCUT2D eigenvalue weighted by Gasteiger charge is -2.32. The van der Waals surface area contributed by atoms with Gasteiger partial charge in [-0.15, -0.1) is 10.2 Å². The van der Waals surface area contributed by atoms with E-state index in [0.717, 1.165) is 79.2 Å². The van der Waals surface area contributed by atoms with Crippen molar-refractivity contribution in [3.8, 4) is 17.0 Å². The number of para-hydroxylation sites is 1. The summed E-state index contributed by atoms with van der Waals surface area (Å²) in [7, 11) is 1.64. The number of ether oxygens (including phenoxy) is 1. The lowest BCUT2D eigenvalue weighted by molar-refractivity contribution is -0.125. The first-order chi connectivity index (χ1) is 17.6. The number of methoxy groups -OCH3 is 1. The molecule has 2 aliphatic rings. The van der Waals surface area contributed by atoms with E-state index in [1.807, 2.05) is 36.4 Å². The number of piperidine rings is 1. The number of benzene rings is 1. The van der Waals surface area contributed by atoms with Crippen molar-refractivity contribution in [1.29, 1.82) is 0 Å². The van der Waals surface area contributed by atoms with E-state index in [1.54, 1.807) is 13.2 Å². The van der Waals surface area contributed by atoms with Gasteiger partial charge in [0.2, 0.25) is 5.91 Å². The Balaban J connectivity index is 1.17. The quantitative estimate of drug-likeness (QED) is 0.545. The minimum absolute atomic E-state index is 0.00399. The van der Waals surface area contributed by atoms with E-state index in [-0.39, 0.29) is 17.4 Å². The van der Waals surface area contributed by atoms with Crippen LogP contribution < -0.4 is 20.5 Å². The number of carbonyl (C=O) groups is 1. The molecule has 1 N–H and O–H groups in total. The van der Waals surface area contributed by atoms with Gasteiger partial charge in [-0.3, -0.25) is 9.59 Å². The molecule has 1 fully saturated rings. The fraction of sp³-hybridized carbons (Fsp3) is 0.444. The van der Waals surface area contributed by atoms with Crippen molar-refractivity contribution in [2.24, 2.45) is 5.92 Å². The maximum absolute atomic E-state index is 12.9. The van der Waals surface area contributed by atoms with Crippen LogP contribution in [0.3, 0.4) is 0 Å². The predicted molar refractivity (Wildman–Crippen MR) is 137 cm³/mol. The molecule has 36 heavy (non-hydrogen) atoms. The Morgan fingerprint density at radius 3 is 2.81 bits per heavy atom. The van der Waals surface area contributed by atoms with Gasteiger partial charge in [0.1, 0.15) is 5.75 Å². The monoisotopic (exact) mass is 488 g/mol. The molecule has 9 nitrogen and oxygen atoms in total. The number of amides is 1. The van der Waals surface area contributed by atoms with Crippen LogP contribution in [-0.2, 0) is 24.2 Å². The van der Waals surface area contributed by atoms with E-state index < -0.39 is 0 Å². The van der Waals surface area contributed by atoms with Gasteiger partial charge >= 0.3 is 0 Å². The predicted octanol–water partition coefficient (Wildman–Crippen LogP) is 2.62. The third kappa shape index (κ3) is 5.24. The largest absolute Gasteiger partial charge is 0.496 e. The number of carbonyl (C=O) groups excluding carboxylic acids is 1. The lowest BCUT2D eigenvalue weighted by Crippen LogP contribution is -2.44. The number of hydrogen-bond donors (Lipinski definition) is 1. The number of rotatable bonds is 7. The first-order valence-corrected chi connectivity index (χ1v) is 12.7. The van der Waals surface area contributed by atoms with Crippen molar-refractivity contribution < 1.29 is 9.53 Å². The third-order valence-electron chi connectivity index (χ3n) is 7.05. The highest BCUT2D eigenvalue weighted by Gasteiger charge is 2.26. The molecule has 1 saturated heterocycles. The van der Waals surface area contributed by atoms with Crippen LogP contribution in [0.25, 0.3) is 11.3 Å². The summed E-state index contributed by atoms with van der Waals surface area (Å²) < 4.78 is 6.92. The smallest absolute Gasteiger partial charge is 0.267 e. The molecule has 3 heterocycles. The molecular formula is C27H32N6O3. The number of aryl methyl sites for hydroxylation is 2. The van der Waals surface area contributed by atoms with Crippen LogP contribution in [0.2, 0.25) is 0 Å². The standard InChI is InChI=1S/C27H32N6O3/c1-36-24-11-5-3-9-21(24)23-12-13-25(30-29-23)32-15-6-8-20(18-32)27(35)28-14-16-33-26(34)17-19-7-2-4-10-22(19)31-33/h3,5,9,11-13,17,20H,2,4,6-8,10,14-16,18H2,1H3,(H,28,35). The average Bonchev–Trinajstić information content (AvgIpc) is 2.93. The minimum Gasteiger partial charge on any atom is -0.496 e. The summed E-state index contributed by atoms with van der Waals surface area (Å²) in [5.74, 6) is 1.38. The molecule has 1 amide bonds. The maximum atomic E-state index is 12.9. The molecule has 2 aromatic heterocycles. The van der Waals surface area contributed by atoms with E-state index in [1.165, 1.54) is 4.68 Å². The van der Waals surface area contributed by atoms with Crippen LogP contribution in [-0.4, -0.2) is 52.6 Å². The van der Waals surface area contributed by atoms with Crippen LogP contribution in [0.15, 0.2) is 47.3 Å². The average molecular weight is 489 g/mol. The Morgan fingerprint density at radius 1 is 1.11 bits per heavy atom. The van der Waals surface area contributed by atoms with Crippen molar-refractivity contribution in [2.75, 3.05) is 31.6 Å². The summed E-state index contributed by atoms with van der Waals surface area (Å²) in [6, 6.07) is 13.3. The van der Waals surface area contributed by atoms with Gasteiger partial charge in [-0.25, -0.2) is 4.68 Å². The molecule has 0 bridgehead atoms. The minimum atomic E-state index is -0.136. The van der Waals surface area contributed by atoms with Gasteiger partial charge in [-0.05, 0) is 68.4 Å². The van der Waals surface area contributed by atoms with Gasteiger partial charge in [-0.2, -0.15) is 5.10 Å². The number of anilines is 1. The Bertz CT molecular complexity index is 1270. The topological polar surface area (TPSA) is 102 Å². The van der Waals surface area contributed by atoms with Crippen LogP contribution in [0.1, 0.15) is 36.9 Å². The van der Waals surface area contributed by atoms with Gasteiger partial charge in [0, 0.05) is 31.3 Å². The fourth-order valence-corrected chi connectivity index (χ4v) is 5.08. The number of fused-ring (bicyclic) bond motifs is 1. The molecule has 1 aliphatic carbocycles. The van der Waals surface area contributed by atoms with E-state index in [4.69, 9.17) is 4.74 Å². The molecule has 1 aromatic carbocycles. The summed E-state index contributed by atoms with van der Waals surface area (Å²) in [4.78, 5) is 27.4. The van der Waals surface area contributed by atoms with Gasteiger partial charge < -0.3 is 15.0 Å². The highest BCUT2D eigenvalue weighted by molar-refractivity contribution is 5.79. The Kier molecular flexibility index (Phi) is 7.25. The zero-order valence-electron chi connectivity index (χ0n) is 20.7. The number of hydrogen-bond acceptors (Lipinski definition) is 7. The maximum Gasteiger partial charge on any atom is 0.267 e. The first kappa shape index (κ1) is 24.0. The second kappa shape index (κ2) is 10.9. The molecule has 188 valence electrons. The molecule has 3 aromatic rings. The molecule has 0 saturated carbocycles. The number of nitrogens with zero attached hydrogens (tertiary/aromatic N) is 5. The van der Waals surface area contributed by atoms with E-state index in [0.29, 0.717) is 19.6 Å². The molecule has 1 unspecified atom stereocenters. The van der Waals surface area contributed by atoms with Crippen molar-refractivity contribution in [3.63, 3.8) is 0 Å². The Hall–Kier alpha value is -3.75. The molecule has 0 radical (unpaired) electrons. The van der Waals surface area contributed by atoms with Crippen LogP contribution in [0.4, 0.5) is 5.82 Å². The number of aromatic nitrogens is 4. The summed E-state index contributed by atoms with van der Waals surface area (Å²) in [6.45, 7) is 2.19. The summed E-state index contributed by atoms with van der Waals surface area (Å²) in [5.41, 5.74) is 3.64. The first-order valence-electron chi connectivity index (χ1n) is 12.7. The van der Waals surface area contributed by atoms with Crippen LogP contribution >= 0.6 is 0 Å². The van der Waals surface area contributed by atoms with Crippen molar-refractivity contribution in [2.45, 2.75) is 45.1 Å². The number of nitrogens with one attached hydrogen (secondary N) is 1. The molecule has 1 atom stereocenters. The molecule has 1 aliphatic heterocycles. The highest BCUT2D eigenvalue weighted by atomic mass is 16.5.